The summed E-state index contributed by atoms with van der Waals surface area (Å²) < 4.78 is 9.41. The van der Waals surface area contributed by atoms with Gasteiger partial charge in [-0.25, -0.2) is 0 Å². The van der Waals surface area contributed by atoms with Gasteiger partial charge in [0.1, 0.15) is 5.75 Å². The maximum absolute atomic E-state index is 11.7. The lowest BCUT2D eigenvalue weighted by Gasteiger charge is -2.01. The van der Waals surface area contributed by atoms with E-state index in [0.29, 0.717) is 5.75 Å². The van der Waals surface area contributed by atoms with Crippen LogP contribution in [0.2, 0.25) is 0 Å². The molecule has 1 aromatic rings. The lowest BCUT2D eigenvalue weighted by atomic mass is 10.1. The quantitative estimate of drug-likeness (QED) is 0.551. The second-order valence-electron chi connectivity index (χ2n) is 3.25. The van der Waals surface area contributed by atoms with Crippen LogP contribution in [0, 0.1) is 0 Å². The van der Waals surface area contributed by atoms with Crippen LogP contribution in [0.4, 0.5) is 0 Å². The number of benzene rings is 1. The maximum Gasteiger partial charge on any atom is 0.294 e. The summed E-state index contributed by atoms with van der Waals surface area (Å²) in [4.78, 5) is 33.5. The van der Waals surface area contributed by atoms with Crippen LogP contribution in [0.5, 0.6) is 5.75 Å². The van der Waals surface area contributed by atoms with Gasteiger partial charge in [0.2, 0.25) is 17.7 Å². The molecule has 0 N–H and O–H groups in total. The van der Waals surface area contributed by atoms with E-state index < -0.39 is 17.7 Å². The molecule has 1 aromatic carbocycles. The van der Waals surface area contributed by atoms with E-state index >= 15 is 0 Å². The van der Waals surface area contributed by atoms with Gasteiger partial charge in [0.15, 0.2) is 0 Å². The van der Waals surface area contributed by atoms with Crippen molar-refractivity contribution in [3.05, 3.63) is 29.3 Å². The molecule has 0 spiro atoms. The third kappa shape index (κ3) is 1.37. The SMILES string of the molecule is COc1ccc2c(c1)C(=O)C(OC=O)C2=O. The Morgan fingerprint density at radius 2 is 1.88 bits per heavy atom. The van der Waals surface area contributed by atoms with Crippen LogP contribution in [0.15, 0.2) is 18.2 Å². The van der Waals surface area contributed by atoms with E-state index in [0.717, 1.165) is 0 Å². The molecule has 16 heavy (non-hydrogen) atoms. The van der Waals surface area contributed by atoms with Gasteiger partial charge < -0.3 is 9.47 Å². The molecule has 82 valence electrons. The van der Waals surface area contributed by atoms with E-state index in [1.165, 1.54) is 19.2 Å². The van der Waals surface area contributed by atoms with Crippen molar-refractivity contribution in [1.82, 2.24) is 0 Å². The van der Waals surface area contributed by atoms with E-state index in [9.17, 15) is 14.4 Å². The fraction of sp³-hybridized carbons (Fsp3) is 0.182. The fourth-order valence-electron chi connectivity index (χ4n) is 1.65. The van der Waals surface area contributed by atoms with E-state index in [2.05, 4.69) is 4.74 Å². The Bertz CT molecular complexity index is 477. The second kappa shape index (κ2) is 3.77. The first kappa shape index (κ1) is 10.4. The van der Waals surface area contributed by atoms with Gasteiger partial charge in [-0.1, -0.05) is 0 Å². The van der Waals surface area contributed by atoms with Crippen molar-refractivity contribution in [3.8, 4) is 5.75 Å². The molecule has 1 atom stereocenters. The number of hydrogen-bond acceptors (Lipinski definition) is 5. The molecule has 0 saturated heterocycles. The van der Waals surface area contributed by atoms with Crippen LogP contribution in [0.3, 0.4) is 0 Å². The number of ketones is 2. The third-order valence-electron chi connectivity index (χ3n) is 2.43. The lowest BCUT2D eigenvalue weighted by molar-refractivity contribution is -0.130. The summed E-state index contributed by atoms with van der Waals surface area (Å²) in [6.07, 6.45) is -1.33. The van der Waals surface area contributed by atoms with E-state index in [4.69, 9.17) is 4.74 Å². The van der Waals surface area contributed by atoms with Gasteiger partial charge in [0.25, 0.3) is 6.47 Å². The molecule has 0 fully saturated rings. The lowest BCUT2D eigenvalue weighted by Crippen LogP contribution is -2.25. The zero-order valence-corrected chi connectivity index (χ0v) is 8.43. The number of carbonyl (C=O) groups excluding carboxylic acids is 3. The van der Waals surface area contributed by atoms with Crippen LogP contribution in [0.25, 0.3) is 0 Å². The first-order chi connectivity index (χ1) is 7.69. The Kier molecular flexibility index (Phi) is 2.44. The summed E-state index contributed by atoms with van der Waals surface area (Å²) in [7, 11) is 1.46. The van der Waals surface area contributed by atoms with E-state index in [1.54, 1.807) is 6.07 Å². The topological polar surface area (TPSA) is 69.7 Å². The molecule has 0 heterocycles. The van der Waals surface area contributed by atoms with Crippen molar-refractivity contribution in [3.63, 3.8) is 0 Å². The van der Waals surface area contributed by atoms with Crippen LogP contribution >= 0.6 is 0 Å². The first-order valence-corrected chi connectivity index (χ1v) is 4.54. The molecule has 0 aromatic heterocycles. The summed E-state index contributed by atoms with van der Waals surface area (Å²) in [5.41, 5.74) is 0.494. The first-order valence-electron chi connectivity index (χ1n) is 4.54. The molecule has 0 saturated carbocycles. The van der Waals surface area contributed by atoms with Gasteiger partial charge in [-0.2, -0.15) is 0 Å². The molecule has 0 radical (unpaired) electrons. The van der Waals surface area contributed by atoms with Crippen LogP contribution < -0.4 is 4.74 Å². The molecule has 0 aliphatic heterocycles. The number of rotatable bonds is 3. The molecular weight excluding hydrogens is 212 g/mol. The average Bonchev–Trinajstić information content (AvgIpc) is 2.54. The number of carbonyl (C=O) groups is 3. The average molecular weight is 220 g/mol. The smallest absolute Gasteiger partial charge is 0.294 e. The molecule has 2 rings (SSSR count). The van der Waals surface area contributed by atoms with Crippen molar-refractivity contribution in [2.45, 2.75) is 6.10 Å². The highest BCUT2D eigenvalue weighted by atomic mass is 16.5. The van der Waals surface area contributed by atoms with Gasteiger partial charge in [0.05, 0.1) is 7.11 Å². The number of hydrogen-bond donors (Lipinski definition) is 0. The van der Waals surface area contributed by atoms with Gasteiger partial charge in [0, 0.05) is 11.1 Å². The molecule has 0 bridgehead atoms. The van der Waals surface area contributed by atoms with Crippen LogP contribution in [-0.2, 0) is 9.53 Å². The van der Waals surface area contributed by atoms with Gasteiger partial charge in [-0.15, -0.1) is 0 Å². The normalized spacial score (nSPS) is 18.2. The van der Waals surface area contributed by atoms with Gasteiger partial charge in [-0.05, 0) is 18.2 Å². The molecule has 5 nitrogen and oxygen atoms in total. The van der Waals surface area contributed by atoms with E-state index in [-0.39, 0.29) is 17.6 Å². The molecule has 1 unspecified atom stereocenters. The van der Waals surface area contributed by atoms with Gasteiger partial charge in [-0.3, -0.25) is 14.4 Å². The summed E-state index contributed by atoms with van der Waals surface area (Å²) in [5, 5.41) is 0. The van der Waals surface area contributed by atoms with Crippen molar-refractivity contribution < 1.29 is 23.9 Å². The highest BCUT2D eigenvalue weighted by Gasteiger charge is 2.40. The predicted octanol–water partition coefficient (Wildman–Crippen LogP) is 0.616. The molecule has 1 aliphatic rings. The monoisotopic (exact) mass is 220 g/mol. The second-order valence-corrected chi connectivity index (χ2v) is 3.25. The Morgan fingerprint density at radius 3 is 2.50 bits per heavy atom. The molecule has 0 amide bonds. The van der Waals surface area contributed by atoms with Crippen LogP contribution in [0.1, 0.15) is 20.7 Å². The maximum atomic E-state index is 11.7. The predicted molar refractivity (Wildman–Crippen MR) is 52.6 cm³/mol. The number of Topliss-reactive ketones (excluding diaryl/α,β-unsaturated/α-hetero) is 2. The minimum Gasteiger partial charge on any atom is -0.497 e. The standard InChI is InChI=1S/C11H8O5/c1-15-6-2-3-7-8(4-6)10(14)11(9(7)13)16-5-12/h2-5,11H,1H3. The zero-order chi connectivity index (χ0) is 11.7. The zero-order valence-electron chi connectivity index (χ0n) is 8.43. The fourth-order valence-corrected chi connectivity index (χ4v) is 1.65. The largest absolute Gasteiger partial charge is 0.497 e. The summed E-state index contributed by atoms with van der Waals surface area (Å²) in [6, 6.07) is 4.53. The van der Waals surface area contributed by atoms with Crippen molar-refractivity contribution in [1.29, 1.82) is 0 Å². The number of ether oxygens (including phenoxy) is 2. The molecule has 5 heteroatoms. The molecule has 1 aliphatic carbocycles. The third-order valence-corrected chi connectivity index (χ3v) is 2.43. The van der Waals surface area contributed by atoms with Crippen LogP contribution in [-0.4, -0.2) is 31.3 Å². The minimum atomic E-state index is -1.33. The Hall–Kier alpha value is -2.17. The summed E-state index contributed by atoms with van der Waals surface area (Å²) >= 11 is 0. The summed E-state index contributed by atoms with van der Waals surface area (Å²) in [5.74, 6) is -0.521. The van der Waals surface area contributed by atoms with E-state index in [1.807, 2.05) is 0 Å². The highest BCUT2D eigenvalue weighted by Crippen LogP contribution is 2.27. The molecular formula is C11H8O5. The van der Waals surface area contributed by atoms with Crippen molar-refractivity contribution in [2.75, 3.05) is 7.11 Å². The highest BCUT2D eigenvalue weighted by molar-refractivity contribution is 6.29. The Labute approximate surface area is 91.0 Å². The summed E-state index contributed by atoms with van der Waals surface area (Å²) in [6.45, 7) is 0.101. The van der Waals surface area contributed by atoms with Gasteiger partial charge >= 0.3 is 0 Å². The number of fused-ring (bicyclic) bond motifs is 1. The van der Waals surface area contributed by atoms with Crippen molar-refractivity contribution in [2.24, 2.45) is 0 Å². The Morgan fingerprint density at radius 1 is 1.19 bits per heavy atom. The Balaban J connectivity index is 2.47. The minimum absolute atomic E-state index is 0.101. The van der Waals surface area contributed by atoms with Crippen molar-refractivity contribution >= 4 is 18.0 Å². The number of methoxy groups -OCH3 is 1.